The van der Waals surface area contributed by atoms with Crippen LogP contribution in [0.5, 0.6) is 0 Å². The van der Waals surface area contributed by atoms with E-state index in [4.69, 9.17) is 4.98 Å². The van der Waals surface area contributed by atoms with Crippen LogP contribution >= 0.6 is 11.3 Å². The molecule has 0 fully saturated rings. The standard InChI is InChI=1S/C45H33N3S/c1-29-16-8-9-22-34(29)42-41(33-21-15-20-32(28-33)31-18-6-3-7-19-31)46-45(47-42)48-27-14-4-5-17-30(2)39-35-23-10-11-24-36(35)40-37-25-12-13-26-38(37)49-44(40)43(39)48/h3-26,28H,2,27H2,1H3,(H,46,47)/b14-4-,17-5-. The van der Waals surface area contributed by atoms with Crippen LogP contribution in [0, 0.1) is 6.92 Å². The van der Waals surface area contributed by atoms with Crippen molar-refractivity contribution in [3.05, 3.63) is 169 Å². The maximum atomic E-state index is 5.52. The Balaban J connectivity index is 1.35. The van der Waals surface area contributed by atoms with Gasteiger partial charge in [-0.25, -0.2) is 4.98 Å². The molecule has 3 nitrogen and oxygen atoms in total. The number of aromatic amines is 1. The van der Waals surface area contributed by atoms with Crippen molar-refractivity contribution >= 4 is 59.5 Å². The van der Waals surface area contributed by atoms with Gasteiger partial charge in [-0.1, -0.05) is 146 Å². The fraction of sp³-hybridized carbons (Fsp3) is 0.0444. The van der Waals surface area contributed by atoms with Gasteiger partial charge in [-0.2, -0.15) is 0 Å². The van der Waals surface area contributed by atoms with Crippen molar-refractivity contribution in [2.75, 3.05) is 11.4 Å². The molecular formula is C45H33N3S. The van der Waals surface area contributed by atoms with E-state index in [9.17, 15) is 0 Å². The molecule has 0 radical (unpaired) electrons. The first-order valence-electron chi connectivity index (χ1n) is 16.6. The molecule has 1 aliphatic heterocycles. The predicted octanol–water partition coefficient (Wildman–Crippen LogP) is 12.5. The highest BCUT2D eigenvalue weighted by Crippen LogP contribution is 2.50. The van der Waals surface area contributed by atoms with Crippen molar-refractivity contribution in [2.24, 2.45) is 0 Å². The van der Waals surface area contributed by atoms with E-state index in [0.29, 0.717) is 6.54 Å². The van der Waals surface area contributed by atoms with Crippen molar-refractivity contribution in [1.29, 1.82) is 0 Å². The number of H-pyrrole nitrogens is 1. The van der Waals surface area contributed by atoms with E-state index >= 15 is 0 Å². The van der Waals surface area contributed by atoms with Crippen molar-refractivity contribution in [3.63, 3.8) is 0 Å². The zero-order valence-corrected chi connectivity index (χ0v) is 28.0. The predicted molar refractivity (Wildman–Crippen MR) is 211 cm³/mol. The van der Waals surface area contributed by atoms with Crippen LogP contribution in [-0.2, 0) is 0 Å². The highest BCUT2D eigenvalue weighted by atomic mass is 32.1. The smallest absolute Gasteiger partial charge is 0.208 e. The number of fused-ring (bicyclic) bond motifs is 8. The molecule has 1 N–H and O–H groups in total. The lowest BCUT2D eigenvalue weighted by molar-refractivity contribution is 1.03. The number of nitrogens with one attached hydrogen (secondary N) is 1. The number of thiophene rings is 1. The summed E-state index contributed by atoms with van der Waals surface area (Å²) in [4.78, 5) is 11.7. The summed E-state index contributed by atoms with van der Waals surface area (Å²) in [5, 5.41) is 4.99. The summed E-state index contributed by atoms with van der Waals surface area (Å²) in [6.45, 7) is 7.44. The van der Waals surface area contributed by atoms with Crippen LogP contribution < -0.4 is 4.90 Å². The van der Waals surface area contributed by atoms with Gasteiger partial charge in [0.05, 0.1) is 21.8 Å². The van der Waals surface area contributed by atoms with E-state index in [1.54, 1.807) is 0 Å². The number of hydrogen-bond donors (Lipinski definition) is 1. The molecule has 0 bridgehead atoms. The monoisotopic (exact) mass is 647 g/mol. The summed E-state index contributed by atoms with van der Waals surface area (Å²) in [5.41, 5.74) is 10.9. The van der Waals surface area contributed by atoms with Gasteiger partial charge in [0.25, 0.3) is 0 Å². The molecule has 0 saturated carbocycles. The highest BCUT2D eigenvalue weighted by molar-refractivity contribution is 7.26. The molecule has 3 heterocycles. The molecule has 0 saturated heterocycles. The minimum Gasteiger partial charge on any atom is -0.323 e. The average Bonchev–Trinajstić information content (AvgIpc) is 3.77. The average molecular weight is 648 g/mol. The largest absolute Gasteiger partial charge is 0.323 e. The number of rotatable bonds is 4. The minimum atomic E-state index is 0.635. The minimum absolute atomic E-state index is 0.635. The number of anilines is 2. The Bertz CT molecular complexity index is 2620. The molecule has 49 heavy (non-hydrogen) atoms. The summed E-state index contributed by atoms with van der Waals surface area (Å²) in [5.74, 6) is 0.799. The molecule has 4 heteroatoms. The molecule has 9 rings (SSSR count). The van der Waals surface area contributed by atoms with Crippen molar-refractivity contribution in [2.45, 2.75) is 6.92 Å². The SMILES string of the molecule is C=C1/C=C\C=C/CN(c2nc(-c3cccc(-c4ccccc4)c3)c(-c3ccccc3C)[nH]2)c2c1c1ccccc1c1c2sc2ccccc21. The first-order valence-corrected chi connectivity index (χ1v) is 17.4. The van der Waals surface area contributed by atoms with E-state index in [1.807, 2.05) is 11.3 Å². The van der Waals surface area contributed by atoms with E-state index < -0.39 is 0 Å². The zero-order chi connectivity index (χ0) is 32.9. The number of hydrogen-bond acceptors (Lipinski definition) is 3. The van der Waals surface area contributed by atoms with Crippen LogP contribution in [0.25, 0.3) is 70.2 Å². The third-order valence-electron chi connectivity index (χ3n) is 9.54. The third-order valence-corrected chi connectivity index (χ3v) is 10.7. The number of aromatic nitrogens is 2. The Morgan fingerprint density at radius 2 is 1.43 bits per heavy atom. The molecular weight excluding hydrogens is 615 g/mol. The summed E-state index contributed by atoms with van der Waals surface area (Å²) in [7, 11) is 0. The molecule has 2 aromatic heterocycles. The summed E-state index contributed by atoms with van der Waals surface area (Å²) in [6, 6.07) is 45.4. The Hall–Kier alpha value is -5.97. The molecule has 1 aliphatic rings. The van der Waals surface area contributed by atoms with Crippen LogP contribution in [-0.4, -0.2) is 16.5 Å². The second-order valence-electron chi connectivity index (χ2n) is 12.5. The van der Waals surface area contributed by atoms with Gasteiger partial charge < -0.3 is 9.88 Å². The third kappa shape index (κ3) is 4.92. The fourth-order valence-corrected chi connectivity index (χ4v) is 8.51. The topological polar surface area (TPSA) is 31.9 Å². The van der Waals surface area contributed by atoms with Crippen LogP contribution in [0.4, 0.5) is 11.6 Å². The van der Waals surface area contributed by atoms with Gasteiger partial charge >= 0.3 is 0 Å². The molecule has 0 unspecified atom stereocenters. The summed E-state index contributed by atoms with van der Waals surface area (Å²) in [6.07, 6.45) is 8.55. The fourth-order valence-electron chi connectivity index (χ4n) is 7.23. The number of imidazole rings is 1. The Kier molecular flexibility index (Phi) is 7.10. The zero-order valence-electron chi connectivity index (χ0n) is 27.2. The lowest BCUT2D eigenvalue weighted by Gasteiger charge is -2.26. The number of nitrogens with zero attached hydrogens (tertiary/aromatic N) is 2. The van der Waals surface area contributed by atoms with Crippen LogP contribution in [0.2, 0.25) is 0 Å². The Labute approximate surface area is 289 Å². The first kappa shape index (κ1) is 29.2. The maximum absolute atomic E-state index is 5.52. The molecule has 0 atom stereocenters. The molecule has 8 aromatic rings. The van der Waals surface area contributed by atoms with Gasteiger partial charge in [0.15, 0.2) is 0 Å². The quantitative estimate of drug-likeness (QED) is 0.206. The second kappa shape index (κ2) is 11.9. The van der Waals surface area contributed by atoms with Crippen LogP contribution in [0.1, 0.15) is 11.1 Å². The number of allylic oxidation sites excluding steroid dienone is 4. The first-order chi connectivity index (χ1) is 24.2. The van der Waals surface area contributed by atoms with E-state index in [1.165, 1.54) is 42.1 Å². The molecule has 0 amide bonds. The van der Waals surface area contributed by atoms with Crippen molar-refractivity contribution in [3.8, 4) is 33.6 Å². The molecule has 234 valence electrons. The lowest BCUT2D eigenvalue weighted by atomic mass is 9.93. The lowest BCUT2D eigenvalue weighted by Crippen LogP contribution is -2.20. The Morgan fingerprint density at radius 1 is 0.714 bits per heavy atom. The van der Waals surface area contributed by atoms with Gasteiger partial charge in [0.1, 0.15) is 0 Å². The van der Waals surface area contributed by atoms with E-state index in [2.05, 4.69) is 175 Å². The van der Waals surface area contributed by atoms with Gasteiger partial charge in [0.2, 0.25) is 5.95 Å². The van der Waals surface area contributed by atoms with Crippen molar-refractivity contribution in [1.82, 2.24) is 9.97 Å². The molecule has 0 aliphatic carbocycles. The van der Waals surface area contributed by atoms with E-state index in [-0.39, 0.29) is 0 Å². The summed E-state index contributed by atoms with van der Waals surface area (Å²) >= 11 is 1.85. The van der Waals surface area contributed by atoms with Crippen LogP contribution in [0.3, 0.4) is 0 Å². The maximum Gasteiger partial charge on any atom is 0.208 e. The van der Waals surface area contributed by atoms with E-state index in [0.717, 1.165) is 50.9 Å². The van der Waals surface area contributed by atoms with Gasteiger partial charge in [-0.05, 0) is 52.1 Å². The second-order valence-corrected chi connectivity index (χ2v) is 13.6. The van der Waals surface area contributed by atoms with Gasteiger partial charge in [-0.15, -0.1) is 11.3 Å². The van der Waals surface area contributed by atoms with Crippen molar-refractivity contribution < 1.29 is 0 Å². The van der Waals surface area contributed by atoms with Gasteiger partial charge in [-0.3, -0.25) is 0 Å². The number of benzene rings is 6. The molecule has 6 aromatic carbocycles. The molecule has 0 spiro atoms. The normalized spacial score (nSPS) is 14.5. The summed E-state index contributed by atoms with van der Waals surface area (Å²) < 4.78 is 2.51. The number of aryl methyl sites for hydroxylation is 1. The van der Waals surface area contributed by atoms with Crippen LogP contribution in [0.15, 0.2) is 158 Å². The van der Waals surface area contributed by atoms with Gasteiger partial charge in [0, 0.05) is 38.7 Å². The Morgan fingerprint density at radius 3 is 2.29 bits per heavy atom. The highest BCUT2D eigenvalue weighted by Gasteiger charge is 2.27.